The lowest BCUT2D eigenvalue weighted by atomic mass is 10.1. The number of hydrogen-bond acceptors (Lipinski definition) is 3. The molecule has 1 aromatic carbocycles. The topological polar surface area (TPSA) is 62.4 Å². The molecule has 0 aliphatic rings. The smallest absolute Gasteiger partial charge is 0.276 e. The Labute approximate surface area is 135 Å². The number of nitrogens with one attached hydrogen (secondary N) is 3. The van der Waals surface area contributed by atoms with E-state index in [-0.39, 0.29) is 18.1 Å². The van der Waals surface area contributed by atoms with Gasteiger partial charge in [-0.25, -0.2) is 0 Å². The molecule has 7 heteroatoms. The van der Waals surface area contributed by atoms with Gasteiger partial charge in [-0.2, -0.15) is 0 Å². The fourth-order valence-electron chi connectivity index (χ4n) is 1.39. The quantitative estimate of drug-likeness (QED) is 0.587. The predicted molar refractivity (Wildman–Crippen MR) is 88.4 cm³/mol. The molecule has 0 saturated heterocycles. The molecule has 0 aliphatic carbocycles. The number of aryl methyl sites for hydroxylation is 1. The maximum atomic E-state index is 11.6. The van der Waals surface area contributed by atoms with Crippen molar-refractivity contribution in [3.63, 3.8) is 0 Å². The number of rotatable bonds is 3. The van der Waals surface area contributed by atoms with Crippen LogP contribution in [0.25, 0.3) is 0 Å². The summed E-state index contributed by atoms with van der Waals surface area (Å²) in [4.78, 5) is 11.6. The lowest BCUT2D eigenvalue weighted by Gasteiger charge is -2.23. The van der Waals surface area contributed by atoms with Crippen molar-refractivity contribution in [2.45, 2.75) is 33.2 Å². The minimum atomic E-state index is -0.333. The Morgan fingerprint density at radius 3 is 2.57 bits per heavy atom. The number of ether oxygens (including phenoxy) is 1. The predicted octanol–water partition coefficient (Wildman–Crippen LogP) is 2.32. The van der Waals surface area contributed by atoms with E-state index in [9.17, 15) is 4.79 Å². The van der Waals surface area contributed by atoms with E-state index >= 15 is 0 Å². The van der Waals surface area contributed by atoms with Gasteiger partial charge in [0.1, 0.15) is 5.75 Å². The second-order valence-electron chi connectivity index (χ2n) is 5.58. The zero-order valence-electron chi connectivity index (χ0n) is 12.5. The maximum Gasteiger partial charge on any atom is 0.276 e. The summed E-state index contributed by atoms with van der Waals surface area (Å²) in [6.45, 7) is 7.65. The van der Waals surface area contributed by atoms with Gasteiger partial charge in [0.2, 0.25) is 0 Å². The molecule has 1 rings (SSSR count). The average molecular weight is 330 g/mol. The average Bonchev–Trinajstić information content (AvgIpc) is 2.36. The molecule has 1 amide bonds. The summed E-state index contributed by atoms with van der Waals surface area (Å²) in [7, 11) is 0. The Balaban J connectivity index is 2.34. The van der Waals surface area contributed by atoms with Crippen molar-refractivity contribution in [3.05, 3.63) is 28.8 Å². The van der Waals surface area contributed by atoms with Crippen LogP contribution in [0.3, 0.4) is 0 Å². The van der Waals surface area contributed by atoms with Crippen molar-refractivity contribution in [1.82, 2.24) is 16.2 Å². The van der Waals surface area contributed by atoms with Crippen LogP contribution >= 0.6 is 23.8 Å². The Hall–Kier alpha value is -1.53. The van der Waals surface area contributed by atoms with Crippen LogP contribution in [-0.4, -0.2) is 23.2 Å². The molecule has 0 aromatic heterocycles. The van der Waals surface area contributed by atoms with Gasteiger partial charge in [0, 0.05) is 10.6 Å². The van der Waals surface area contributed by atoms with Crippen molar-refractivity contribution in [2.24, 2.45) is 0 Å². The van der Waals surface area contributed by atoms with E-state index in [1.54, 1.807) is 18.2 Å². The van der Waals surface area contributed by atoms with Crippen LogP contribution in [0, 0.1) is 6.92 Å². The molecule has 21 heavy (non-hydrogen) atoms. The molecule has 0 unspecified atom stereocenters. The summed E-state index contributed by atoms with van der Waals surface area (Å²) in [5.41, 5.74) is 5.79. The third kappa shape index (κ3) is 7.15. The van der Waals surface area contributed by atoms with E-state index in [1.807, 2.05) is 27.7 Å². The molecule has 0 bridgehead atoms. The van der Waals surface area contributed by atoms with Crippen LogP contribution in [-0.2, 0) is 4.79 Å². The highest BCUT2D eigenvalue weighted by atomic mass is 35.5. The first-order chi connectivity index (χ1) is 9.67. The summed E-state index contributed by atoms with van der Waals surface area (Å²) in [5.74, 6) is 0.253. The normalized spacial score (nSPS) is 10.7. The Bertz CT molecular complexity index is 529. The SMILES string of the molecule is Cc1cc(OCC(=O)NNC(=S)NC(C)(C)C)ccc1Cl. The highest BCUT2D eigenvalue weighted by Crippen LogP contribution is 2.20. The summed E-state index contributed by atoms with van der Waals surface area (Å²) < 4.78 is 5.36. The summed E-state index contributed by atoms with van der Waals surface area (Å²) in [6, 6.07) is 5.21. The summed E-state index contributed by atoms with van der Waals surface area (Å²) >= 11 is 11.0. The molecular formula is C14H20ClN3O2S. The molecule has 0 radical (unpaired) electrons. The summed E-state index contributed by atoms with van der Waals surface area (Å²) in [5, 5.41) is 4.02. The van der Waals surface area contributed by atoms with Gasteiger partial charge in [-0.1, -0.05) is 11.6 Å². The highest BCUT2D eigenvalue weighted by Gasteiger charge is 2.11. The monoisotopic (exact) mass is 329 g/mol. The Morgan fingerprint density at radius 1 is 1.33 bits per heavy atom. The molecule has 1 aromatic rings. The largest absolute Gasteiger partial charge is 0.484 e. The van der Waals surface area contributed by atoms with E-state index in [0.717, 1.165) is 5.56 Å². The van der Waals surface area contributed by atoms with Crippen LogP contribution in [0.15, 0.2) is 18.2 Å². The minimum Gasteiger partial charge on any atom is -0.484 e. The van der Waals surface area contributed by atoms with E-state index in [4.69, 9.17) is 28.6 Å². The first kappa shape index (κ1) is 17.5. The van der Waals surface area contributed by atoms with Crippen molar-refractivity contribution in [1.29, 1.82) is 0 Å². The number of halogens is 1. The number of carbonyl (C=O) groups excluding carboxylic acids is 1. The van der Waals surface area contributed by atoms with Crippen LogP contribution < -0.4 is 20.9 Å². The lowest BCUT2D eigenvalue weighted by Crippen LogP contribution is -2.52. The van der Waals surface area contributed by atoms with E-state index < -0.39 is 0 Å². The molecule has 0 spiro atoms. The van der Waals surface area contributed by atoms with Crippen molar-refractivity contribution >= 4 is 34.8 Å². The fourth-order valence-corrected chi connectivity index (χ4v) is 1.87. The maximum absolute atomic E-state index is 11.6. The molecule has 0 aliphatic heterocycles. The third-order valence-electron chi connectivity index (χ3n) is 2.30. The van der Waals surface area contributed by atoms with Gasteiger partial charge in [-0.15, -0.1) is 0 Å². The first-order valence-corrected chi connectivity index (χ1v) is 7.22. The van der Waals surface area contributed by atoms with Crippen molar-refractivity contribution < 1.29 is 9.53 Å². The minimum absolute atomic E-state index is 0.119. The van der Waals surface area contributed by atoms with Crippen LogP contribution in [0.5, 0.6) is 5.75 Å². The van der Waals surface area contributed by atoms with Crippen molar-refractivity contribution in [2.75, 3.05) is 6.61 Å². The van der Waals surface area contributed by atoms with Gasteiger partial charge >= 0.3 is 0 Å². The third-order valence-corrected chi connectivity index (χ3v) is 2.93. The van der Waals surface area contributed by atoms with Gasteiger partial charge in [-0.3, -0.25) is 15.6 Å². The molecule has 5 nitrogen and oxygen atoms in total. The van der Waals surface area contributed by atoms with Gasteiger partial charge < -0.3 is 10.1 Å². The van der Waals surface area contributed by atoms with Gasteiger partial charge in [0.15, 0.2) is 11.7 Å². The molecule has 0 fully saturated rings. The number of hydrogen-bond donors (Lipinski definition) is 3. The number of carbonyl (C=O) groups is 1. The number of benzene rings is 1. The lowest BCUT2D eigenvalue weighted by molar-refractivity contribution is -0.123. The Morgan fingerprint density at radius 2 is 2.00 bits per heavy atom. The Kier molecular flexibility index (Phi) is 6.23. The first-order valence-electron chi connectivity index (χ1n) is 6.43. The fraction of sp³-hybridized carbons (Fsp3) is 0.429. The van der Waals surface area contributed by atoms with E-state index in [0.29, 0.717) is 15.9 Å². The van der Waals surface area contributed by atoms with Crippen LogP contribution in [0.2, 0.25) is 5.02 Å². The van der Waals surface area contributed by atoms with E-state index in [1.165, 1.54) is 0 Å². The summed E-state index contributed by atoms with van der Waals surface area (Å²) in [6.07, 6.45) is 0. The molecule has 0 heterocycles. The molecule has 0 atom stereocenters. The highest BCUT2D eigenvalue weighted by molar-refractivity contribution is 7.80. The molecule has 116 valence electrons. The van der Waals surface area contributed by atoms with Crippen LogP contribution in [0.1, 0.15) is 26.3 Å². The zero-order chi connectivity index (χ0) is 16.0. The number of hydrazine groups is 1. The van der Waals surface area contributed by atoms with E-state index in [2.05, 4.69) is 16.2 Å². The van der Waals surface area contributed by atoms with Crippen LogP contribution in [0.4, 0.5) is 0 Å². The van der Waals surface area contributed by atoms with Gasteiger partial charge in [0.05, 0.1) is 0 Å². The molecular weight excluding hydrogens is 310 g/mol. The second kappa shape index (κ2) is 7.47. The standard InChI is InChI=1S/C14H20ClN3O2S/c1-9-7-10(5-6-11(9)15)20-8-12(19)17-18-13(21)16-14(2,3)4/h5-7H,8H2,1-4H3,(H,17,19)(H2,16,18,21). The van der Waals surface area contributed by atoms with Gasteiger partial charge in [0.25, 0.3) is 5.91 Å². The van der Waals surface area contributed by atoms with Crippen molar-refractivity contribution in [3.8, 4) is 5.75 Å². The number of amides is 1. The second-order valence-corrected chi connectivity index (χ2v) is 6.39. The zero-order valence-corrected chi connectivity index (χ0v) is 14.1. The van der Waals surface area contributed by atoms with Gasteiger partial charge in [-0.05, 0) is 63.7 Å². The number of thiocarbonyl (C=S) groups is 1. The molecule has 3 N–H and O–H groups in total. The molecule has 0 saturated carbocycles.